The van der Waals surface area contributed by atoms with Crippen LogP contribution in [0, 0.1) is 5.82 Å². The van der Waals surface area contributed by atoms with Crippen LogP contribution in [0.15, 0.2) is 53.7 Å². The Hall–Kier alpha value is -2.46. The molecule has 0 aliphatic rings. The highest BCUT2D eigenvalue weighted by molar-refractivity contribution is 7.89. The molecule has 0 bridgehead atoms. The molecule has 0 aliphatic heterocycles. The van der Waals surface area contributed by atoms with Crippen LogP contribution < -0.4 is 10.5 Å². The van der Waals surface area contributed by atoms with E-state index in [1.54, 1.807) is 18.2 Å². The van der Waals surface area contributed by atoms with Gasteiger partial charge in [-0.05, 0) is 35.9 Å². The largest absolute Gasteiger partial charge is 0.326 e. The minimum Gasteiger partial charge on any atom is -0.326 e. The summed E-state index contributed by atoms with van der Waals surface area (Å²) in [5.41, 5.74) is 0.658. The van der Waals surface area contributed by atoms with Gasteiger partial charge in [0.25, 0.3) is 0 Å². The number of halogens is 3. The predicted molar refractivity (Wildman–Crippen MR) is 104 cm³/mol. The molecule has 1 aromatic heterocycles. The molecular weight excluding hydrogens is 430 g/mol. The number of carbonyl (C=O) groups is 1. The number of carbonyl (C=O) groups excluding carboxylic acids is 1. The number of nitrogens with one attached hydrogen (secondary N) is 1. The molecule has 7 nitrogen and oxygen atoms in total. The molecule has 1 amide bonds. The number of rotatable bonds is 5. The van der Waals surface area contributed by atoms with Crippen LogP contribution in [0.4, 0.5) is 10.1 Å². The maximum atomic E-state index is 13.2. The summed E-state index contributed by atoms with van der Waals surface area (Å²) in [6, 6.07) is 8.82. The molecule has 0 aliphatic carbocycles. The van der Waals surface area contributed by atoms with E-state index in [4.69, 9.17) is 28.3 Å². The van der Waals surface area contributed by atoms with Gasteiger partial charge in [0, 0.05) is 15.7 Å². The van der Waals surface area contributed by atoms with Crippen LogP contribution in [0.5, 0.6) is 0 Å². The topological polar surface area (TPSA) is 107 Å². The van der Waals surface area contributed by atoms with E-state index < -0.39 is 21.7 Å². The van der Waals surface area contributed by atoms with Crippen molar-refractivity contribution in [3.05, 3.63) is 70.2 Å². The number of sulfonamides is 1. The van der Waals surface area contributed by atoms with Crippen LogP contribution in [-0.4, -0.2) is 24.1 Å². The zero-order valence-corrected chi connectivity index (χ0v) is 16.4. The number of nitrogens with two attached hydrogens (primary N) is 1. The summed E-state index contributed by atoms with van der Waals surface area (Å²) in [7, 11) is -4.18. The normalized spacial score (nSPS) is 11.4. The maximum Gasteiger partial charge on any atom is 0.240 e. The molecule has 0 spiro atoms. The van der Waals surface area contributed by atoms with Crippen molar-refractivity contribution in [1.29, 1.82) is 0 Å². The average molecular weight is 443 g/mol. The highest BCUT2D eigenvalue weighted by Gasteiger charge is 2.18. The lowest BCUT2D eigenvalue weighted by atomic mass is 10.1. The zero-order chi connectivity index (χ0) is 20.5. The van der Waals surface area contributed by atoms with E-state index in [9.17, 15) is 17.6 Å². The molecule has 146 valence electrons. The third-order valence-corrected chi connectivity index (χ3v) is 5.40. The summed E-state index contributed by atoms with van der Waals surface area (Å²) < 4.78 is 38.1. The summed E-state index contributed by atoms with van der Waals surface area (Å²) in [5.74, 6) is -1.11. The van der Waals surface area contributed by atoms with E-state index in [-0.39, 0.29) is 22.7 Å². The fraction of sp³-hybridized carbons (Fsp3) is 0.0588. The molecule has 0 fully saturated rings. The van der Waals surface area contributed by atoms with Gasteiger partial charge in [0.2, 0.25) is 15.9 Å². The van der Waals surface area contributed by atoms with E-state index in [0.29, 0.717) is 15.6 Å². The molecule has 0 unspecified atom stereocenters. The summed E-state index contributed by atoms with van der Waals surface area (Å²) in [4.78, 5) is 12.0. The van der Waals surface area contributed by atoms with Crippen molar-refractivity contribution < 1.29 is 17.6 Å². The van der Waals surface area contributed by atoms with Gasteiger partial charge in [-0.25, -0.2) is 22.6 Å². The molecule has 1 heterocycles. The first-order valence-corrected chi connectivity index (χ1v) is 10.1. The standard InChI is InChI=1S/C17H13Cl2FN4O3S/c18-13-2-1-3-14(19)12(13)7-17(25)23-11-4-5-15(16(6-11)28(21,26)27)24-9-10(20)8-22-24/h1-6,8-9H,7H2,(H,23,25)(H2,21,26,27). The third kappa shape index (κ3) is 4.50. The third-order valence-electron chi connectivity index (χ3n) is 3.75. The van der Waals surface area contributed by atoms with Gasteiger partial charge in [-0.2, -0.15) is 5.10 Å². The number of nitrogens with zero attached hydrogens (tertiary/aromatic N) is 2. The number of anilines is 1. The van der Waals surface area contributed by atoms with Crippen LogP contribution in [0.25, 0.3) is 5.69 Å². The Labute approximate surface area is 169 Å². The van der Waals surface area contributed by atoms with Crippen molar-refractivity contribution in [2.45, 2.75) is 11.3 Å². The van der Waals surface area contributed by atoms with Crippen molar-refractivity contribution in [2.75, 3.05) is 5.32 Å². The second-order valence-corrected chi connectivity index (χ2v) is 8.10. The Morgan fingerprint density at radius 3 is 2.46 bits per heavy atom. The van der Waals surface area contributed by atoms with Crippen LogP contribution in [-0.2, 0) is 21.2 Å². The summed E-state index contributed by atoms with van der Waals surface area (Å²) in [6.07, 6.45) is 1.81. The first-order valence-electron chi connectivity index (χ1n) is 7.75. The fourth-order valence-electron chi connectivity index (χ4n) is 2.51. The summed E-state index contributed by atoms with van der Waals surface area (Å²) in [6.45, 7) is 0. The second kappa shape index (κ2) is 7.88. The molecule has 3 rings (SSSR count). The number of primary sulfonamides is 1. The molecule has 0 saturated heterocycles. The number of amides is 1. The van der Waals surface area contributed by atoms with Gasteiger partial charge in [-0.1, -0.05) is 29.3 Å². The second-order valence-electron chi connectivity index (χ2n) is 5.76. The van der Waals surface area contributed by atoms with E-state index in [1.165, 1.54) is 12.1 Å². The molecular formula is C17H13Cl2FN4O3S. The van der Waals surface area contributed by atoms with Crippen LogP contribution in [0.2, 0.25) is 10.0 Å². The Kier molecular flexibility index (Phi) is 5.71. The van der Waals surface area contributed by atoms with Crippen molar-refractivity contribution in [3.63, 3.8) is 0 Å². The molecule has 0 atom stereocenters. The minimum absolute atomic E-state index is 0.0403. The number of hydrogen-bond donors (Lipinski definition) is 2. The monoisotopic (exact) mass is 442 g/mol. The Bertz CT molecular complexity index is 1140. The van der Waals surface area contributed by atoms with E-state index in [0.717, 1.165) is 23.1 Å². The smallest absolute Gasteiger partial charge is 0.240 e. The molecule has 28 heavy (non-hydrogen) atoms. The summed E-state index contributed by atoms with van der Waals surface area (Å²) in [5, 5.41) is 12.2. The molecule has 3 N–H and O–H groups in total. The van der Waals surface area contributed by atoms with Gasteiger partial charge in [0.05, 0.1) is 24.5 Å². The highest BCUT2D eigenvalue weighted by atomic mass is 35.5. The lowest BCUT2D eigenvalue weighted by Gasteiger charge is -2.12. The minimum atomic E-state index is -4.18. The SMILES string of the molecule is NS(=O)(=O)c1cc(NC(=O)Cc2c(Cl)cccc2Cl)ccc1-n1cc(F)cn1. The van der Waals surface area contributed by atoms with Gasteiger partial charge < -0.3 is 5.32 Å². The zero-order valence-electron chi connectivity index (χ0n) is 14.1. The van der Waals surface area contributed by atoms with Gasteiger partial charge in [-0.15, -0.1) is 0 Å². The van der Waals surface area contributed by atoms with Crippen molar-refractivity contribution in [3.8, 4) is 5.69 Å². The number of benzene rings is 2. The molecule has 11 heteroatoms. The number of aromatic nitrogens is 2. The Balaban J connectivity index is 1.90. The van der Waals surface area contributed by atoms with Gasteiger partial charge >= 0.3 is 0 Å². The number of hydrogen-bond acceptors (Lipinski definition) is 4. The van der Waals surface area contributed by atoms with E-state index >= 15 is 0 Å². The average Bonchev–Trinajstić information content (AvgIpc) is 3.04. The van der Waals surface area contributed by atoms with Gasteiger partial charge in [0.15, 0.2) is 5.82 Å². The van der Waals surface area contributed by atoms with Crippen LogP contribution >= 0.6 is 23.2 Å². The van der Waals surface area contributed by atoms with Gasteiger partial charge in [0.1, 0.15) is 4.90 Å². The van der Waals surface area contributed by atoms with E-state index in [1.807, 2.05) is 0 Å². The highest BCUT2D eigenvalue weighted by Crippen LogP contribution is 2.26. The lowest BCUT2D eigenvalue weighted by Crippen LogP contribution is -2.18. The Morgan fingerprint density at radius 2 is 1.89 bits per heavy atom. The molecule has 3 aromatic rings. The predicted octanol–water partition coefficient (Wildman–Crippen LogP) is 3.15. The van der Waals surface area contributed by atoms with Gasteiger partial charge in [-0.3, -0.25) is 4.79 Å². The summed E-state index contributed by atoms with van der Waals surface area (Å²) >= 11 is 12.1. The van der Waals surface area contributed by atoms with Crippen molar-refractivity contribution in [1.82, 2.24) is 9.78 Å². The molecule has 0 saturated carbocycles. The maximum absolute atomic E-state index is 13.2. The first kappa shape index (κ1) is 20.3. The van der Waals surface area contributed by atoms with Crippen LogP contribution in [0.1, 0.15) is 5.56 Å². The molecule has 0 radical (unpaired) electrons. The fourth-order valence-corrected chi connectivity index (χ4v) is 3.78. The lowest BCUT2D eigenvalue weighted by molar-refractivity contribution is -0.115. The van der Waals surface area contributed by atoms with Crippen LogP contribution in [0.3, 0.4) is 0 Å². The molecule has 2 aromatic carbocycles. The van der Waals surface area contributed by atoms with E-state index in [2.05, 4.69) is 10.4 Å². The first-order chi connectivity index (χ1) is 13.1. The quantitative estimate of drug-likeness (QED) is 0.632. The Morgan fingerprint density at radius 1 is 1.21 bits per heavy atom. The van der Waals surface area contributed by atoms with Crippen molar-refractivity contribution in [2.24, 2.45) is 5.14 Å². The van der Waals surface area contributed by atoms with Crippen molar-refractivity contribution >= 4 is 44.8 Å².